The van der Waals surface area contributed by atoms with Gasteiger partial charge in [-0.25, -0.2) is 8.42 Å². The van der Waals surface area contributed by atoms with Crippen molar-refractivity contribution >= 4 is 33.2 Å². The number of sulfonamides is 1. The van der Waals surface area contributed by atoms with Crippen LogP contribution in [0.2, 0.25) is 5.02 Å². The second kappa shape index (κ2) is 10.4. The lowest BCUT2D eigenvalue weighted by Crippen LogP contribution is -2.41. The third kappa shape index (κ3) is 5.71. The first-order valence-corrected chi connectivity index (χ1v) is 13.7. The van der Waals surface area contributed by atoms with E-state index < -0.39 is 10.0 Å². The van der Waals surface area contributed by atoms with E-state index >= 15 is 0 Å². The molecule has 0 bridgehead atoms. The molecule has 0 spiro atoms. The van der Waals surface area contributed by atoms with Crippen LogP contribution in [0.15, 0.2) is 65.6 Å². The van der Waals surface area contributed by atoms with Crippen molar-refractivity contribution < 1.29 is 13.2 Å². The van der Waals surface area contributed by atoms with Gasteiger partial charge in [0.05, 0.1) is 16.6 Å². The number of carbonyl (C=O) groups excluding carboxylic acids is 1. The zero-order valence-corrected chi connectivity index (χ0v) is 21.9. The fourth-order valence-electron chi connectivity index (χ4n) is 4.45. The molecule has 1 atom stereocenters. The van der Waals surface area contributed by atoms with Crippen molar-refractivity contribution in [3.63, 3.8) is 0 Å². The quantitative estimate of drug-likeness (QED) is 0.429. The first-order valence-electron chi connectivity index (χ1n) is 11.9. The van der Waals surface area contributed by atoms with Crippen LogP contribution in [-0.4, -0.2) is 20.9 Å². The largest absolute Gasteiger partial charge is 0.348 e. The zero-order chi connectivity index (χ0) is 25.2. The van der Waals surface area contributed by atoms with Gasteiger partial charge in [-0.1, -0.05) is 35.9 Å². The van der Waals surface area contributed by atoms with Crippen LogP contribution in [0.25, 0.3) is 0 Å². The Bertz CT molecular complexity index is 1340. The Hall–Kier alpha value is -2.83. The first kappa shape index (κ1) is 25.3. The summed E-state index contributed by atoms with van der Waals surface area (Å²) in [6.07, 6.45) is 4.56. The van der Waals surface area contributed by atoms with Crippen molar-refractivity contribution in [2.75, 3.05) is 10.8 Å². The highest BCUT2D eigenvalue weighted by Gasteiger charge is 2.28. The number of halogens is 1. The van der Waals surface area contributed by atoms with Gasteiger partial charge in [-0.2, -0.15) is 0 Å². The predicted molar refractivity (Wildman–Crippen MR) is 142 cm³/mol. The van der Waals surface area contributed by atoms with E-state index in [4.69, 9.17) is 11.6 Å². The molecule has 0 saturated heterocycles. The van der Waals surface area contributed by atoms with Crippen molar-refractivity contribution in [1.29, 1.82) is 0 Å². The molecular formula is C28H31ClN2O3S. The van der Waals surface area contributed by atoms with Crippen molar-refractivity contribution in [1.82, 2.24) is 5.32 Å². The van der Waals surface area contributed by atoms with Crippen LogP contribution in [0.5, 0.6) is 0 Å². The monoisotopic (exact) mass is 510 g/mol. The highest BCUT2D eigenvalue weighted by Crippen LogP contribution is 2.28. The molecule has 0 radical (unpaired) electrons. The minimum atomic E-state index is -3.99. The molecule has 3 aromatic rings. The Morgan fingerprint density at radius 3 is 2.31 bits per heavy atom. The van der Waals surface area contributed by atoms with E-state index in [1.165, 1.54) is 48.2 Å². The van der Waals surface area contributed by atoms with E-state index in [9.17, 15) is 13.2 Å². The fraction of sp³-hybridized carbons (Fsp3) is 0.321. The first-order chi connectivity index (χ1) is 16.6. The van der Waals surface area contributed by atoms with Gasteiger partial charge in [-0.3, -0.25) is 9.10 Å². The Kier molecular flexibility index (Phi) is 7.53. The highest BCUT2D eigenvalue weighted by molar-refractivity contribution is 7.92. The van der Waals surface area contributed by atoms with Gasteiger partial charge in [0.1, 0.15) is 6.54 Å². The maximum atomic E-state index is 13.6. The number of amides is 1. The maximum Gasteiger partial charge on any atom is 0.264 e. The molecule has 5 nitrogen and oxygen atoms in total. The summed E-state index contributed by atoms with van der Waals surface area (Å²) >= 11 is 5.97. The standard InChI is InChI=1S/C28H31ClN2O3S/c1-19-8-13-26(16-20(19)2)31(35(33,34)27-14-11-25(29)12-15-27)18-28(32)30-21(3)23-10-9-22-6-4-5-7-24(22)17-23/h8-17,21H,4-7,18H2,1-3H3,(H,30,32)/t21-/m0/s1. The van der Waals surface area contributed by atoms with Gasteiger partial charge in [0.25, 0.3) is 10.0 Å². The van der Waals surface area contributed by atoms with Crippen LogP contribution in [0, 0.1) is 13.8 Å². The Morgan fingerprint density at radius 1 is 0.943 bits per heavy atom. The fourth-order valence-corrected chi connectivity index (χ4v) is 5.99. The lowest BCUT2D eigenvalue weighted by atomic mass is 9.89. The molecule has 3 aromatic carbocycles. The SMILES string of the molecule is Cc1ccc(N(CC(=O)N[C@@H](C)c2ccc3c(c2)CCCC3)S(=O)(=O)c2ccc(Cl)cc2)cc1C. The summed E-state index contributed by atoms with van der Waals surface area (Å²) in [5, 5.41) is 3.44. The minimum Gasteiger partial charge on any atom is -0.348 e. The number of hydrogen-bond donors (Lipinski definition) is 1. The van der Waals surface area contributed by atoms with Gasteiger partial charge in [0, 0.05) is 5.02 Å². The summed E-state index contributed by atoms with van der Waals surface area (Å²) in [6, 6.07) is 17.5. The van der Waals surface area contributed by atoms with Crippen molar-refractivity contribution in [2.24, 2.45) is 0 Å². The van der Waals surface area contributed by atoms with E-state index in [-0.39, 0.29) is 23.4 Å². The summed E-state index contributed by atoms with van der Waals surface area (Å²) in [7, 11) is -3.99. The molecule has 0 fully saturated rings. The molecule has 1 N–H and O–H groups in total. The van der Waals surface area contributed by atoms with Crippen molar-refractivity contribution in [3.8, 4) is 0 Å². The molecule has 0 unspecified atom stereocenters. The predicted octanol–water partition coefficient (Wildman–Crippen LogP) is 5.91. The lowest BCUT2D eigenvalue weighted by Gasteiger charge is -2.26. The van der Waals surface area contributed by atoms with E-state index in [2.05, 4.69) is 23.5 Å². The smallest absolute Gasteiger partial charge is 0.264 e. The Labute approximate surface area is 213 Å². The summed E-state index contributed by atoms with van der Waals surface area (Å²) in [5.74, 6) is -0.369. The van der Waals surface area contributed by atoms with Gasteiger partial charge in [-0.05, 0) is 111 Å². The second-order valence-corrected chi connectivity index (χ2v) is 11.6. The number of anilines is 1. The minimum absolute atomic E-state index is 0.0793. The van der Waals surface area contributed by atoms with E-state index in [1.54, 1.807) is 12.1 Å². The van der Waals surface area contributed by atoms with Crippen LogP contribution in [-0.2, 0) is 27.7 Å². The van der Waals surface area contributed by atoms with Crippen LogP contribution in [0.3, 0.4) is 0 Å². The average Bonchev–Trinajstić information content (AvgIpc) is 2.84. The van der Waals surface area contributed by atoms with Gasteiger partial charge in [-0.15, -0.1) is 0 Å². The van der Waals surface area contributed by atoms with Crippen molar-refractivity contribution in [3.05, 3.63) is 93.5 Å². The number of fused-ring (bicyclic) bond motifs is 1. The lowest BCUT2D eigenvalue weighted by molar-refractivity contribution is -0.120. The van der Waals surface area contributed by atoms with Crippen LogP contribution < -0.4 is 9.62 Å². The zero-order valence-electron chi connectivity index (χ0n) is 20.3. The molecule has 0 heterocycles. The van der Waals surface area contributed by atoms with Crippen LogP contribution in [0.4, 0.5) is 5.69 Å². The summed E-state index contributed by atoms with van der Waals surface area (Å²) in [5.41, 5.74) is 6.19. The molecule has 184 valence electrons. The number of carbonyl (C=O) groups is 1. The molecule has 0 saturated carbocycles. The second-order valence-electron chi connectivity index (χ2n) is 9.26. The number of benzene rings is 3. The normalized spacial score (nSPS) is 14.2. The molecule has 1 aliphatic rings. The topological polar surface area (TPSA) is 66.5 Å². The van der Waals surface area contributed by atoms with E-state index in [1.807, 2.05) is 26.8 Å². The molecule has 1 aliphatic carbocycles. The number of nitrogens with one attached hydrogen (secondary N) is 1. The van der Waals surface area contributed by atoms with Crippen molar-refractivity contribution in [2.45, 2.75) is 57.4 Å². The van der Waals surface area contributed by atoms with Crippen LogP contribution in [0.1, 0.15) is 53.6 Å². The number of aryl methyl sites for hydroxylation is 4. The van der Waals surface area contributed by atoms with Gasteiger partial charge >= 0.3 is 0 Å². The van der Waals surface area contributed by atoms with Gasteiger partial charge in [0.15, 0.2) is 0 Å². The maximum absolute atomic E-state index is 13.6. The molecule has 35 heavy (non-hydrogen) atoms. The third-order valence-electron chi connectivity index (χ3n) is 6.72. The molecule has 7 heteroatoms. The number of nitrogens with zero attached hydrogens (tertiary/aromatic N) is 1. The number of rotatable bonds is 7. The summed E-state index contributed by atoms with van der Waals surface area (Å²) in [6.45, 7) is 5.48. The highest BCUT2D eigenvalue weighted by atomic mass is 35.5. The third-order valence-corrected chi connectivity index (χ3v) is 8.76. The van der Waals surface area contributed by atoms with E-state index in [0.717, 1.165) is 33.8 Å². The average molecular weight is 511 g/mol. The molecular weight excluding hydrogens is 480 g/mol. The van der Waals surface area contributed by atoms with Gasteiger partial charge in [0.2, 0.25) is 5.91 Å². The Morgan fingerprint density at radius 2 is 1.63 bits per heavy atom. The van der Waals surface area contributed by atoms with Crippen LogP contribution >= 0.6 is 11.6 Å². The molecule has 4 rings (SSSR count). The Balaban J connectivity index is 1.59. The summed E-state index contributed by atoms with van der Waals surface area (Å²) < 4.78 is 28.4. The van der Waals surface area contributed by atoms with Gasteiger partial charge < -0.3 is 5.32 Å². The molecule has 0 aliphatic heterocycles. The molecule has 0 aromatic heterocycles. The van der Waals surface area contributed by atoms with E-state index in [0.29, 0.717) is 10.7 Å². The number of hydrogen-bond acceptors (Lipinski definition) is 3. The summed E-state index contributed by atoms with van der Waals surface area (Å²) in [4.78, 5) is 13.2. The molecule has 1 amide bonds.